The maximum atomic E-state index is 12.7. The summed E-state index contributed by atoms with van der Waals surface area (Å²) in [5.41, 5.74) is 1.73. The molecular formula is C20H25F2N3O4S. The number of aryl methyl sites for hydroxylation is 1. The molecule has 0 aromatic heterocycles. The van der Waals surface area contributed by atoms with Crippen LogP contribution in [-0.4, -0.2) is 44.9 Å². The summed E-state index contributed by atoms with van der Waals surface area (Å²) in [7, 11) is -3.61. The molecule has 0 radical (unpaired) electrons. The maximum Gasteiger partial charge on any atom is 0.387 e. The lowest BCUT2D eigenvalue weighted by Crippen LogP contribution is -2.30. The Morgan fingerprint density at radius 2 is 1.73 bits per heavy atom. The Kier molecular flexibility index (Phi) is 8.13. The van der Waals surface area contributed by atoms with Crippen molar-refractivity contribution in [3.05, 3.63) is 48.0 Å². The van der Waals surface area contributed by atoms with Crippen LogP contribution in [0, 0.1) is 6.92 Å². The van der Waals surface area contributed by atoms with Crippen molar-refractivity contribution in [1.82, 2.24) is 4.31 Å². The summed E-state index contributed by atoms with van der Waals surface area (Å²) in [6.45, 7) is 3.04. The molecule has 0 heterocycles. The molecule has 1 amide bonds. The zero-order valence-corrected chi connectivity index (χ0v) is 17.8. The van der Waals surface area contributed by atoms with Crippen molar-refractivity contribution in [1.29, 1.82) is 0 Å². The molecule has 2 rings (SSSR count). The van der Waals surface area contributed by atoms with Crippen LogP contribution in [0.1, 0.15) is 19.4 Å². The highest BCUT2D eigenvalue weighted by molar-refractivity contribution is 7.89. The summed E-state index contributed by atoms with van der Waals surface area (Å²) in [5.74, 6) is -0.392. The van der Waals surface area contributed by atoms with Crippen molar-refractivity contribution in [2.45, 2.75) is 32.3 Å². The Labute approximate surface area is 175 Å². The van der Waals surface area contributed by atoms with E-state index >= 15 is 0 Å². The molecule has 0 saturated carbocycles. The van der Waals surface area contributed by atoms with Crippen LogP contribution < -0.4 is 15.4 Å². The molecule has 0 fully saturated rings. The van der Waals surface area contributed by atoms with E-state index in [9.17, 15) is 22.0 Å². The van der Waals surface area contributed by atoms with Crippen molar-refractivity contribution in [2.24, 2.45) is 0 Å². The first-order chi connectivity index (χ1) is 14.2. The summed E-state index contributed by atoms with van der Waals surface area (Å²) in [4.78, 5) is 12.3. The highest BCUT2D eigenvalue weighted by atomic mass is 32.2. The van der Waals surface area contributed by atoms with E-state index in [1.807, 2.05) is 0 Å². The van der Waals surface area contributed by atoms with Crippen molar-refractivity contribution in [3.8, 4) is 5.75 Å². The largest absolute Gasteiger partial charge is 0.435 e. The lowest BCUT2D eigenvalue weighted by atomic mass is 10.2. The minimum Gasteiger partial charge on any atom is -0.435 e. The third-order valence-electron chi connectivity index (χ3n) is 4.35. The highest BCUT2D eigenvalue weighted by Crippen LogP contribution is 2.23. The van der Waals surface area contributed by atoms with Gasteiger partial charge in [-0.3, -0.25) is 4.79 Å². The topological polar surface area (TPSA) is 87.7 Å². The van der Waals surface area contributed by atoms with Gasteiger partial charge in [-0.15, -0.1) is 0 Å². The van der Waals surface area contributed by atoms with E-state index in [4.69, 9.17) is 0 Å². The van der Waals surface area contributed by atoms with Gasteiger partial charge in [0, 0.05) is 24.5 Å². The highest BCUT2D eigenvalue weighted by Gasteiger charge is 2.22. The van der Waals surface area contributed by atoms with E-state index in [0.29, 0.717) is 24.5 Å². The Morgan fingerprint density at radius 3 is 2.30 bits per heavy atom. The Morgan fingerprint density at radius 1 is 1.10 bits per heavy atom. The van der Waals surface area contributed by atoms with E-state index in [1.165, 1.54) is 40.7 Å². The third-order valence-corrected chi connectivity index (χ3v) is 6.40. The molecule has 2 aromatic carbocycles. The molecule has 2 aromatic rings. The average Bonchev–Trinajstić information content (AvgIpc) is 2.69. The molecule has 0 unspecified atom stereocenters. The van der Waals surface area contributed by atoms with Gasteiger partial charge < -0.3 is 15.4 Å². The first-order valence-electron chi connectivity index (χ1n) is 9.36. The summed E-state index contributed by atoms with van der Waals surface area (Å²) in [6, 6.07) is 10.3. The van der Waals surface area contributed by atoms with Gasteiger partial charge in [-0.05, 0) is 48.9 Å². The Balaban J connectivity index is 2.04. The van der Waals surface area contributed by atoms with Crippen molar-refractivity contribution >= 4 is 27.3 Å². The molecule has 30 heavy (non-hydrogen) atoms. The fourth-order valence-corrected chi connectivity index (χ4v) is 4.25. The number of hydrogen-bond acceptors (Lipinski definition) is 5. The van der Waals surface area contributed by atoms with Crippen molar-refractivity contribution < 1.29 is 26.7 Å². The number of alkyl halides is 2. The van der Waals surface area contributed by atoms with Crippen LogP contribution in [0.25, 0.3) is 0 Å². The van der Waals surface area contributed by atoms with E-state index < -0.39 is 16.6 Å². The fraction of sp³-hybridized carbons (Fsp3) is 0.350. The number of sulfonamides is 1. The summed E-state index contributed by atoms with van der Waals surface area (Å²) in [5, 5.41) is 5.56. The van der Waals surface area contributed by atoms with Crippen LogP contribution in [0.3, 0.4) is 0 Å². The number of nitrogens with one attached hydrogen (secondary N) is 2. The van der Waals surface area contributed by atoms with Gasteiger partial charge in [0.05, 0.1) is 11.4 Å². The first kappa shape index (κ1) is 23.6. The van der Waals surface area contributed by atoms with Crippen LogP contribution in [-0.2, 0) is 14.8 Å². The Hall–Kier alpha value is -2.72. The van der Waals surface area contributed by atoms with Crippen LogP contribution in [0.5, 0.6) is 5.75 Å². The van der Waals surface area contributed by atoms with Crippen molar-refractivity contribution in [2.75, 3.05) is 30.3 Å². The van der Waals surface area contributed by atoms with Crippen LogP contribution >= 0.6 is 0 Å². The molecule has 0 bridgehead atoms. The number of amides is 1. The molecule has 2 N–H and O–H groups in total. The van der Waals surface area contributed by atoms with Gasteiger partial charge in [0.1, 0.15) is 5.75 Å². The van der Waals surface area contributed by atoms with Gasteiger partial charge in [0.25, 0.3) is 0 Å². The van der Waals surface area contributed by atoms with E-state index in [1.54, 1.807) is 26.8 Å². The molecule has 0 aliphatic carbocycles. The lowest BCUT2D eigenvalue weighted by Gasteiger charge is -2.19. The zero-order valence-electron chi connectivity index (χ0n) is 17.0. The summed E-state index contributed by atoms with van der Waals surface area (Å²) >= 11 is 0. The second kappa shape index (κ2) is 10.4. The molecule has 0 aliphatic rings. The minimum absolute atomic E-state index is 0.0111. The number of halogens is 2. The SMILES string of the molecule is CCN(CC)S(=O)(=O)c1ccc(C)c(NCC(=O)Nc2ccc(OC(F)F)cc2)c1. The minimum atomic E-state index is -3.61. The first-order valence-corrected chi connectivity index (χ1v) is 10.8. The standard InChI is InChI=1S/C20H25F2N3O4S/c1-4-25(5-2)30(27,28)17-11-6-14(3)18(12-17)23-13-19(26)24-15-7-9-16(10-8-15)29-20(21)22/h6-12,20,23H,4-5,13H2,1-3H3,(H,24,26). The lowest BCUT2D eigenvalue weighted by molar-refractivity contribution is -0.114. The number of ether oxygens (including phenoxy) is 1. The number of carbonyl (C=O) groups is 1. The van der Waals surface area contributed by atoms with Crippen LogP contribution in [0.15, 0.2) is 47.4 Å². The zero-order chi connectivity index (χ0) is 22.3. The van der Waals surface area contributed by atoms with Gasteiger partial charge in [0.2, 0.25) is 15.9 Å². The number of carbonyl (C=O) groups excluding carboxylic acids is 1. The second-order valence-corrected chi connectivity index (χ2v) is 8.31. The van der Waals surface area contributed by atoms with E-state index in [-0.39, 0.29) is 23.1 Å². The Bertz CT molecular complexity index is 963. The van der Waals surface area contributed by atoms with Gasteiger partial charge in [-0.25, -0.2) is 8.42 Å². The molecule has 0 aliphatic heterocycles. The van der Waals surface area contributed by atoms with Gasteiger partial charge >= 0.3 is 6.61 Å². The van der Waals surface area contributed by atoms with Gasteiger partial charge in [-0.2, -0.15) is 13.1 Å². The smallest absolute Gasteiger partial charge is 0.387 e. The van der Waals surface area contributed by atoms with Gasteiger partial charge in [0.15, 0.2) is 0 Å². The quantitative estimate of drug-likeness (QED) is 0.587. The molecule has 0 saturated heterocycles. The molecule has 164 valence electrons. The predicted octanol–water partition coefficient (Wildman–Crippen LogP) is 3.68. The molecule has 0 spiro atoms. The number of benzene rings is 2. The third kappa shape index (κ3) is 6.14. The van der Waals surface area contributed by atoms with Crippen LogP contribution in [0.2, 0.25) is 0 Å². The predicted molar refractivity (Wildman–Crippen MR) is 111 cm³/mol. The fourth-order valence-electron chi connectivity index (χ4n) is 2.77. The number of hydrogen-bond donors (Lipinski definition) is 2. The second-order valence-electron chi connectivity index (χ2n) is 6.37. The molecule has 0 atom stereocenters. The number of rotatable bonds is 10. The molecule has 7 nitrogen and oxygen atoms in total. The number of nitrogens with zero attached hydrogens (tertiary/aromatic N) is 1. The van der Waals surface area contributed by atoms with E-state index in [2.05, 4.69) is 15.4 Å². The molecular weight excluding hydrogens is 416 g/mol. The monoisotopic (exact) mass is 441 g/mol. The molecule has 10 heteroatoms. The number of anilines is 2. The maximum absolute atomic E-state index is 12.7. The summed E-state index contributed by atoms with van der Waals surface area (Å²) < 4.78 is 55.3. The summed E-state index contributed by atoms with van der Waals surface area (Å²) in [6.07, 6.45) is 0. The average molecular weight is 442 g/mol. The van der Waals surface area contributed by atoms with Crippen LogP contribution in [0.4, 0.5) is 20.2 Å². The van der Waals surface area contributed by atoms with E-state index in [0.717, 1.165) is 5.56 Å². The normalized spacial score (nSPS) is 11.6. The van der Waals surface area contributed by atoms with Gasteiger partial charge in [-0.1, -0.05) is 19.9 Å². The van der Waals surface area contributed by atoms with Crippen molar-refractivity contribution in [3.63, 3.8) is 0 Å².